The molecule has 1 aliphatic rings. The number of hydrogen-bond acceptors (Lipinski definition) is 6. The second-order valence-electron chi connectivity index (χ2n) is 9.62. The molecule has 1 aliphatic heterocycles. The van der Waals surface area contributed by atoms with Crippen LogP contribution in [0.25, 0.3) is 10.9 Å². The molecule has 2 aromatic rings. The lowest BCUT2D eigenvalue weighted by molar-refractivity contribution is -0.321. The molecule has 3 atom stereocenters. The summed E-state index contributed by atoms with van der Waals surface area (Å²) in [6.45, 7) is 3.84. The number of carbonyl (C=O) groups excluding carboxylic acids is 3. The van der Waals surface area contributed by atoms with E-state index in [1.807, 2.05) is 13.8 Å². The maximum Gasteiger partial charge on any atom is 0.522 e. The number of ketones is 1. The molecule has 12 heteroatoms. The molecule has 0 saturated carbocycles. The van der Waals surface area contributed by atoms with Crippen LogP contribution >= 0.6 is 0 Å². The number of aromatic amines is 1. The van der Waals surface area contributed by atoms with E-state index in [1.165, 1.54) is 7.11 Å². The van der Waals surface area contributed by atoms with E-state index in [0.29, 0.717) is 23.2 Å². The first-order valence-corrected chi connectivity index (χ1v) is 12.2. The van der Waals surface area contributed by atoms with Crippen molar-refractivity contribution >= 4 is 28.5 Å². The number of fused-ring (bicyclic) bond motifs is 1. The molecule has 3 rings (SSSR count). The number of H-pyrrole nitrogens is 1. The van der Waals surface area contributed by atoms with E-state index < -0.39 is 42.7 Å². The lowest BCUT2D eigenvalue weighted by atomic mass is 9.95. The van der Waals surface area contributed by atoms with Gasteiger partial charge in [0.05, 0.1) is 13.2 Å². The average molecular weight is 527 g/mol. The fraction of sp³-hybridized carbons (Fsp3) is 0.560. The van der Waals surface area contributed by atoms with Gasteiger partial charge in [-0.15, -0.1) is 13.2 Å². The summed E-state index contributed by atoms with van der Waals surface area (Å²) in [5.74, 6) is -1.47. The smallest absolute Gasteiger partial charge is 0.496 e. The summed E-state index contributed by atoms with van der Waals surface area (Å²) in [4.78, 5) is 41.9. The molecular formula is C25H33F3N4O5. The molecule has 0 spiro atoms. The Labute approximate surface area is 212 Å². The number of alkyl halides is 3. The van der Waals surface area contributed by atoms with Gasteiger partial charge >= 0.3 is 6.36 Å². The Morgan fingerprint density at radius 3 is 2.54 bits per heavy atom. The topological polar surface area (TPSA) is 122 Å². The van der Waals surface area contributed by atoms with Gasteiger partial charge in [0, 0.05) is 10.9 Å². The summed E-state index contributed by atoms with van der Waals surface area (Å²) in [5, 5.41) is 9.11. The third-order valence-electron chi connectivity index (χ3n) is 6.23. The van der Waals surface area contributed by atoms with Crippen LogP contribution in [0.15, 0.2) is 24.3 Å². The lowest BCUT2D eigenvalue weighted by Gasteiger charge is -2.25. The van der Waals surface area contributed by atoms with Crippen molar-refractivity contribution in [2.75, 3.05) is 26.8 Å². The highest BCUT2D eigenvalue weighted by Crippen LogP contribution is 2.26. The summed E-state index contributed by atoms with van der Waals surface area (Å²) in [5.41, 5.74) is 0.888. The van der Waals surface area contributed by atoms with Crippen molar-refractivity contribution in [1.29, 1.82) is 0 Å². The summed E-state index contributed by atoms with van der Waals surface area (Å²) in [7, 11) is 1.52. The van der Waals surface area contributed by atoms with Gasteiger partial charge in [-0.3, -0.25) is 19.1 Å². The van der Waals surface area contributed by atoms with E-state index in [4.69, 9.17) is 4.74 Å². The molecule has 1 aromatic carbocycles. The highest BCUT2D eigenvalue weighted by atomic mass is 19.4. The molecule has 0 aliphatic carbocycles. The number of carbonyl (C=O) groups is 3. The molecule has 2 amide bonds. The van der Waals surface area contributed by atoms with Crippen molar-refractivity contribution < 1.29 is 37.0 Å². The molecule has 4 N–H and O–H groups in total. The average Bonchev–Trinajstić information content (AvgIpc) is 3.50. The fourth-order valence-corrected chi connectivity index (χ4v) is 4.41. The molecule has 2 heterocycles. The Morgan fingerprint density at radius 2 is 1.92 bits per heavy atom. The van der Waals surface area contributed by atoms with E-state index in [-0.39, 0.29) is 30.4 Å². The van der Waals surface area contributed by atoms with Crippen molar-refractivity contribution in [1.82, 2.24) is 20.9 Å². The van der Waals surface area contributed by atoms with Crippen LogP contribution in [-0.2, 0) is 14.3 Å². The number of ether oxygens (including phenoxy) is 2. The van der Waals surface area contributed by atoms with Gasteiger partial charge in [-0.2, -0.15) is 0 Å². The Morgan fingerprint density at radius 1 is 1.16 bits per heavy atom. The van der Waals surface area contributed by atoms with E-state index in [0.717, 1.165) is 13.0 Å². The monoisotopic (exact) mass is 526 g/mol. The Bertz CT molecular complexity index is 1100. The zero-order valence-corrected chi connectivity index (χ0v) is 21.0. The number of halogens is 3. The normalized spacial score (nSPS) is 17.5. The van der Waals surface area contributed by atoms with Crippen molar-refractivity contribution in [2.45, 2.75) is 51.6 Å². The number of aromatic nitrogens is 1. The van der Waals surface area contributed by atoms with Gasteiger partial charge in [0.25, 0.3) is 5.91 Å². The van der Waals surface area contributed by atoms with Gasteiger partial charge in [0.15, 0.2) is 5.78 Å². The van der Waals surface area contributed by atoms with Crippen LogP contribution in [0.4, 0.5) is 13.2 Å². The number of methoxy groups -OCH3 is 1. The Hall–Kier alpha value is -3.12. The van der Waals surface area contributed by atoms with Gasteiger partial charge in [-0.25, -0.2) is 0 Å². The summed E-state index contributed by atoms with van der Waals surface area (Å²) >= 11 is 0. The van der Waals surface area contributed by atoms with Gasteiger partial charge in [0.2, 0.25) is 5.91 Å². The van der Waals surface area contributed by atoms with Gasteiger partial charge in [0.1, 0.15) is 24.1 Å². The molecule has 1 saturated heterocycles. The summed E-state index contributed by atoms with van der Waals surface area (Å²) in [6.07, 6.45) is -3.81. The number of rotatable bonds is 12. The van der Waals surface area contributed by atoms with Crippen molar-refractivity contribution in [2.24, 2.45) is 11.8 Å². The molecule has 9 nitrogen and oxygen atoms in total. The molecule has 204 valence electrons. The maximum absolute atomic E-state index is 13.2. The van der Waals surface area contributed by atoms with Crippen LogP contribution in [0.3, 0.4) is 0 Å². The van der Waals surface area contributed by atoms with Crippen LogP contribution in [-0.4, -0.2) is 67.8 Å². The zero-order chi connectivity index (χ0) is 27.2. The van der Waals surface area contributed by atoms with Gasteiger partial charge in [-0.05, 0) is 62.4 Å². The summed E-state index contributed by atoms with van der Waals surface area (Å²) in [6, 6.07) is 4.73. The quantitative estimate of drug-likeness (QED) is 0.338. The van der Waals surface area contributed by atoms with Crippen LogP contribution in [0.2, 0.25) is 0 Å². The minimum atomic E-state index is -4.96. The van der Waals surface area contributed by atoms with Crippen LogP contribution in [0.5, 0.6) is 5.75 Å². The number of amides is 2. The van der Waals surface area contributed by atoms with Crippen molar-refractivity contribution in [3.63, 3.8) is 0 Å². The number of Topliss-reactive ketones (excluding diaryl/α,β-unsaturated/α-hetero) is 1. The molecule has 0 bridgehead atoms. The second-order valence-corrected chi connectivity index (χ2v) is 9.62. The number of benzene rings is 1. The van der Waals surface area contributed by atoms with E-state index >= 15 is 0 Å². The third kappa shape index (κ3) is 8.19. The molecule has 1 fully saturated rings. The van der Waals surface area contributed by atoms with Crippen molar-refractivity contribution in [3.05, 3.63) is 30.0 Å². The van der Waals surface area contributed by atoms with Crippen molar-refractivity contribution in [3.8, 4) is 5.75 Å². The molecular weight excluding hydrogens is 493 g/mol. The van der Waals surface area contributed by atoms with Gasteiger partial charge in [-0.1, -0.05) is 19.9 Å². The highest BCUT2D eigenvalue weighted by Gasteiger charge is 2.34. The fourth-order valence-electron chi connectivity index (χ4n) is 4.41. The SMILES string of the molecule is COc1cccc2[nH]c(C(=O)N[C@@H](CC(C)C)C(=O)N[C@@H](C[C@@H]3CCNC3)C(=O)COC(F)(F)F)cc12. The van der Waals surface area contributed by atoms with Gasteiger partial charge < -0.3 is 25.7 Å². The minimum Gasteiger partial charge on any atom is -0.496 e. The number of nitrogens with one attached hydrogen (secondary N) is 4. The molecule has 37 heavy (non-hydrogen) atoms. The lowest BCUT2D eigenvalue weighted by Crippen LogP contribution is -2.53. The maximum atomic E-state index is 13.2. The Kier molecular flexibility index (Phi) is 9.55. The number of hydrogen-bond donors (Lipinski definition) is 4. The Balaban J connectivity index is 1.75. The highest BCUT2D eigenvalue weighted by molar-refractivity contribution is 6.02. The first-order valence-electron chi connectivity index (χ1n) is 12.2. The predicted molar refractivity (Wildman–Crippen MR) is 130 cm³/mol. The standard InChI is InChI=1S/C25H33F3N4O5/c1-14(2)9-19(32-24(35)20-11-16-17(30-20)5-4-6-22(16)36-3)23(34)31-18(10-15-7-8-29-12-15)21(33)13-37-25(26,27)28/h4-6,11,14-15,18-19,29-30H,7-10,12-13H2,1-3H3,(H,31,34)(H,32,35)/t15-,18-,19-/m0/s1. The van der Waals surface area contributed by atoms with Crippen LogP contribution in [0.1, 0.15) is 43.6 Å². The zero-order valence-electron chi connectivity index (χ0n) is 21.0. The first-order chi connectivity index (χ1) is 17.5. The van der Waals surface area contributed by atoms with E-state index in [1.54, 1.807) is 24.3 Å². The third-order valence-corrected chi connectivity index (χ3v) is 6.23. The van der Waals surface area contributed by atoms with E-state index in [9.17, 15) is 27.6 Å². The second kappa shape index (κ2) is 12.4. The van der Waals surface area contributed by atoms with Crippen LogP contribution < -0.4 is 20.7 Å². The minimum absolute atomic E-state index is 0.000560. The predicted octanol–water partition coefficient (Wildman–Crippen LogP) is 2.91. The molecule has 1 aromatic heterocycles. The first kappa shape index (κ1) is 28.5. The van der Waals surface area contributed by atoms with Crippen LogP contribution in [0, 0.1) is 11.8 Å². The van der Waals surface area contributed by atoms with E-state index in [2.05, 4.69) is 25.7 Å². The molecule has 0 unspecified atom stereocenters. The molecule has 0 radical (unpaired) electrons. The summed E-state index contributed by atoms with van der Waals surface area (Å²) < 4.78 is 46.6. The largest absolute Gasteiger partial charge is 0.522 e.